The van der Waals surface area contributed by atoms with Gasteiger partial charge in [0.25, 0.3) is 0 Å². The van der Waals surface area contributed by atoms with Gasteiger partial charge >= 0.3 is 18.4 Å². The zero-order chi connectivity index (χ0) is 23.7. The number of nitrogens with zero attached hydrogens (tertiary/aromatic N) is 4. The Morgan fingerprint density at radius 2 is 1.72 bits per heavy atom. The minimum Gasteiger partial charge on any atom is -0.352 e. The highest BCUT2D eigenvalue weighted by Crippen LogP contribution is 2.32. The lowest BCUT2D eigenvalue weighted by Gasteiger charge is -2.40. The van der Waals surface area contributed by atoms with Crippen LogP contribution in [0.15, 0.2) is 36.4 Å². The molecule has 0 spiro atoms. The third kappa shape index (κ3) is 5.04. The third-order valence-corrected chi connectivity index (χ3v) is 4.94. The summed E-state index contributed by atoms with van der Waals surface area (Å²) in [7, 11) is 0. The van der Waals surface area contributed by atoms with Crippen molar-refractivity contribution in [2.75, 3.05) is 29.9 Å². The van der Waals surface area contributed by atoms with Crippen molar-refractivity contribution in [1.29, 1.82) is 5.26 Å². The first-order valence-corrected chi connectivity index (χ1v) is 9.38. The van der Waals surface area contributed by atoms with E-state index < -0.39 is 35.7 Å². The molecule has 0 bridgehead atoms. The second-order valence-corrected chi connectivity index (χ2v) is 7.17. The molecule has 1 aromatic heterocycles. The van der Waals surface area contributed by atoms with Crippen molar-refractivity contribution in [3.8, 4) is 6.07 Å². The number of hydrogen-bond donors (Lipinski definition) is 1. The Morgan fingerprint density at radius 3 is 2.25 bits per heavy atom. The van der Waals surface area contributed by atoms with Gasteiger partial charge in [0.1, 0.15) is 17.6 Å². The average molecular weight is 457 g/mol. The summed E-state index contributed by atoms with van der Waals surface area (Å²) in [6, 6.07) is 6.54. The number of rotatable bonds is 2. The summed E-state index contributed by atoms with van der Waals surface area (Å²) in [5.41, 5.74) is -1.82. The van der Waals surface area contributed by atoms with Gasteiger partial charge in [0.2, 0.25) is 0 Å². The summed E-state index contributed by atoms with van der Waals surface area (Å²) in [5.74, 6) is -0.114. The van der Waals surface area contributed by atoms with Crippen LogP contribution in [0.5, 0.6) is 0 Å². The standard InChI is InChI=1S/C20H17F6N5O/c1-12-11-30(17-13(10-27)2-7-16(29-17)20(24,25)26)8-9-31(12)18(32)28-15-5-3-14(4-6-15)19(21,22)23/h2-7,12H,8-9,11H2,1H3,(H,28,32)/t12-/m1/s1. The fourth-order valence-corrected chi connectivity index (χ4v) is 3.32. The summed E-state index contributed by atoms with van der Waals surface area (Å²) >= 11 is 0. The normalized spacial score (nSPS) is 17.1. The molecule has 170 valence electrons. The number of urea groups is 1. The molecule has 0 unspecified atom stereocenters. The van der Waals surface area contributed by atoms with Crippen LogP contribution < -0.4 is 10.2 Å². The molecule has 1 N–H and O–H groups in total. The summed E-state index contributed by atoms with van der Waals surface area (Å²) < 4.78 is 77.0. The predicted molar refractivity (Wildman–Crippen MR) is 103 cm³/mol. The molecule has 1 atom stereocenters. The lowest BCUT2D eigenvalue weighted by atomic mass is 10.1. The van der Waals surface area contributed by atoms with E-state index >= 15 is 0 Å². The van der Waals surface area contributed by atoms with Crippen LogP contribution in [-0.2, 0) is 12.4 Å². The van der Waals surface area contributed by atoms with Crippen molar-refractivity contribution in [3.05, 3.63) is 53.2 Å². The average Bonchev–Trinajstić information content (AvgIpc) is 2.72. The van der Waals surface area contributed by atoms with Gasteiger partial charge in [0.15, 0.2) is 0 Å². The number of halogens is 6. The second-order valence-electron chi connectivity index (χ2n) is 7.17. The molecule has 1 aliphatic rings. The van der Waals surface area contributed by atoms with Gasteiger partial charge in [-0.1, -0.05) is 0 Å². The van der Waals surface area contributed by atoms with Crippen molar-refractivity contribution in [2.45, 2.75) is 25.3 Å². The Labute approximate surface area is 179 Å². The molecule has 3 rings (SSSR count). The van der Waals surface area contributed by atoms with Crippen molar-refractivity contribution < 1.29 is 31.1 Å². The highest BCUT2D eigenvalue weighted by atomic mass is 19.4. The van der Waals surface area contributed by atoms with Crippen LogP contribution in [0.4, 0.5) is 42.6 Å². The number of carbonyl (C=O) groups is 1. The van der Waals surface area contributed by atoms with Crippen molar-refractivity contribution in [2.24, 2.45) is 0 Å². The van der Waals surface area contributed by atoms with E-state index in [1.165, 1.54) is 9.80 Å². The van der Waals surface area contributed by atoms with Crippen LogP contribution in [-0.4, -0.2) is 41.6 Å². The number of aromatic nitrogens is 1. The number of anilines is 2. The Morgan fingerprint density at radius 1 is 1.06 bits per heavy atom. The van der Waals surface area contributed by atoms with Crippen LogP contribution in [0.2, 0.25) is 0 Å². The number of benzene rings is 1. The molecule has 32 heavy (non-hydrogen) atoms. The van der Waals surface area contributed by atoms with E-state index in [1.807, 2.05) is 6.07 Å². The van der Waals surface area contributed by atoms with E-state index in [9.17, 15) is 36.4 Å². The Balaban J connectivity index is 1.70. The van der Waals surface area contributed by atoms with Crippen LogP contribution in [0.1, 0.15) is 23.7 Å². The molecule has 0 aliphatic carbocycles. The number of amides is 2. The monoisotopic (exact) mass is 457 g/mol. The number of nitriles is 1. The number of nitrogens with one attached hydrogen (secondary N) is 1. The second kappa shape index (κ2) is 8.57. The van der Waals surface area contributed by atoms with Gasteiger partial charge in [0.05, 0.1) is 11.1 Å². The van der Waals surface area contributed by atoms with Crippen LogP contribution in [0.3, 0.4) is 0 Å². The highest BCUT2D eigenvalue weighted by Gasteiger charge is 2.35. The highest BCUT2D eigenvalue weighted by molar-refractivity contribution is 5.89. The predicted octanol–water partition coefficient (Wildman–Crippen LogP) is 4.73. The van der Waals surface area contributed by atoms with E-state index in [4.69, 9.17) is 0 Å². The minimum absolute atomic E-state index is 0.0205. The van der Waals surface area contributed by atoms with Gasteiger partial charge in [-0.15, -0.1) is 0 Å². The summed E-state index contributed by atoms with van der Waals surface area (Å²) in [6.45, 7) is 2.01. The fraction of sp³-hybridized carbons (Fsp3) is 0.350. The van der Waals surface area contributed by atoms with Gasteiger partial charge in [-0.25, -0.2) is 9.78 Å². The Bertz CT molecular complexity index is 1030. The summed E-state index contributed by atoms with van der Waals surface area (Å²) in [5, 5.41) is 11.8. The lowest BCUT2D eigenvalue weighted by molar-refractivity contribution is -0.141. The number of hydrogen-bond acceptors (Lipinski definition) is 4. The molecule has 1 fully saturated rings. The van der Waals surface area contributed by atoms with Crippen LogP contribution in [0.25, 0.3) is 0 Å². The molecular weight excluding hydrogens is 440 g/mol. The van der Waals surface area contributed by atoms with E-state index in [2.05, 4.69) is 10.3 Å². The van der Waals surface area contributed by atoms with Gasteiger partial charge in [-0.05, 0) is 43.3 Å². The van der Waals surface area contributed by atoms with E-state index in [0.29, 0.717) is 0 Å². The lowest BCUT2D eigenvalue weighted by Crippen LogP contribution is -2.55. The first-order chi connectivity index (χ1) is 14.9. The number of piperazine rings is 1. The molecule has 0 radical (unpaired) electrons. The van der Waals surface area contributed by atoms with Crippen LogP contribution in [0, 0.1) is 11.3 Å². The van der Waals surface area contributed by atoms with Gasteiger partial charge in [-0.2, -0.15) is 31.6 Å². The van der Waals surface area contributed by atoms with Gasteiger partial charge in [0, 0.05) is 31.4 Å². The Kier molecular flexibility index (Phi) is 6.20. The topological polar surface area (TPSA) is 72.3 Å². The molecule has 6 nitrogen and oxygen atoms in total. The molecule has 2 amide bonds. The molecule has 2 heterocycles. The first-order valence-electron chi connectivity index (χ1n) is 9.38. The van der Waals surface area contributed by atoms with Gasteiger partial charge < -0.3 is 15.1 Å². The van der Waals surface area contributed by atoms with Gasteiger partial charge in [-0.3, -0.25) is 0 Å². The quantitative estimate of drug-likeness (QED) is 0.662. The number of carbonyl (C=O) groups excluding carboxylic acids is 1. The Hall–Kier alpha value is -3.49. The minimum atomic E-state index is -4.67. The number of alkyl halides is 6. The molecule has 1 aliphatic heterocycles. The molecule has 2 aromatic rings. The first kappa shape index (κ1) is 23.2. The summed E-state index contributed by atoms with van der Waals surface area (Å²) in [4.78, 5) is 19.1. The molecule has 1 aromatic carbocycles. The van der Waals surface area contributed by atoms with E-state index in [-0.39, 0.29) is 36.7 Å². The van der Waals surface area contributed by atoms with Crippen molar-refractivity contribution in [3.63, 3.8) is 0 Å². The maximum absolute atomic E-state index is 13.0. The maximum Gasteiger partial charge on any atom is 0.433 e. The molecule has 1 saturated heterocycles. The van der Waals surface area contributed by atoms with Crippen LogP contribution >= 0.6 is 0 Å². The molecule has 12 heteroatoms. The fourth-order valence-electron chi connectivity index (χ4n) is 3.32. The SMILES string of the molecule is C[C@@H]1CN(c2nc(C(F)(F)F)ccc2C#N)CCN1C(=O)Nc1ccc(C(F)(F)F)cc1. The van der Waals surface area contributed by atoms with Crippen molar-refractivity contribution >= 4 is 17.5 Å². The molecular formula is C20H17F6N5O. The largest absolute Gasteiger partial charge is 0.433 e. The van der Waals surface area contributed by atoms with E-state index in [1.54, 1.807) is 6.92 Å². The number of pyridine rings is 1. The zero-order valence-corrected chi connectivity index (χ0v) is 16.6. The smallest absolute Gasteiger partial charge is 0.352 e. The summed E-state index contributed by atoms with van der Waals surface area (Å²) in [6.07, 6.45) is -9.16. The third-order valence-electron chi connectivity index (χ3n) is 4.94. The zero-order valence-electron chi connectivity index (χ0n) is 16.6. The van der Waals surface area contributed by atoms with E-state index in [0.717, 1.165) is 36.4 Å². The maximum atomic E-state index is 13.0. The molecule has 0 saturated carbocycles. The van der Waals surface area contributed by atoms with Crippen molar-refractivity contribution in [1.82, 2.24) is 9.88 Å².